The second kappa shape index (κ2) is 5.04. The minimum Gasteiger partial charge on any atom is -0.456 e. The third-order valence-electron chi connectivity index (χ3n) is 2.90. The number of rotatable bonds is 3. The minimum absolute atomic E-state index is 0.395. The molecule has 0 aliphatic carbocycles. The fraction of sp³-hybridized carbons (Fsp3) is 0.0667. The van der Waals surface area contributed by atoms with Crippen LogP contribution in [0.1, 0.15) is 5.56 Å². The molecule has 2 aromatic heterocycles. The van der Waals surface area contributed by atoms with Crippen LogP contribution in [-0.4, -0.2) is 9.97 Å². The van der Waals surface area contributed by atoms with E-state index in [1.807, 2.05) is 36.4 Å². The normalized spacial score (nSPS) is 10.6. The average Bonchev–Trinajstić information content (AvgIpc) is 2.48. The summed E-state index contributed by atoms with van der Waals surface area (Å²) in [6, 6.07) is 11.5. The van der Waals surface area contributed by atoms with Gasteiger partial charge >= 0.3 is 0 Å². The van der Waals surface area contributed by atoms with Crippen LogP contribution in [0.3, 0.4) is 0 Å². The minimum atomic E-state index is 0.395. The van der Waals surface area contributed by atoms with E-state index in [1.54, 1.807) is 18.6 Å². The third kappa shape index (κ3) is 2.26. The Kier molecular flexibility index (Phi) is 3.08. The lowest BCUT2D eigenvalue weighted by Gasteiger charge is -2.11. The van der Waals surface area contributed by atoms with Gasteiger partial charge < -0.3 is 10.5 Å². The Labute approximate surface area is 110 Å². The molecule has 0 aliphatic heterocycles. The van der Waals surface area contributed by atoms with E-state index >= 15 is 0 Å². The molecule has 0 aliphatic rings. The van der Waals surface area contributed by atoms with E-state index in [1.165, 1.54) is 0 Å². The summed E-state index contributed by atoms with van der Waals surface area (Å²) >= 11 is 0. The van der Waals surface area contributed by atoms with E-state index in [0.29, 0.717) is 6.54 Å². The lowest BCUT2D eigenvalue weighted by atomic mass is 10.2. The Morgan fingerprint density at radius 1 is 1.00 bits per heavy atom. The molecule has 2 N–H and O–H groups in total. The van der Waals surface area contributed by atoms with E-state index in [0.717, 1.165) is 28.0 Å². The highest BCUT2D eigenvalue weighted by molar-refractivity contribution is 5.85. The topological polar surface area (TPSA) is 61.0 Å². The summed E-state index contributed by atoms with van der Waals surface area (Å²) in [6.45, 7) is 0.395. The summed E-state index contributed by atoms with van der Waals surface area (Å²) in [7, 11) is 0. The lowest BCUT2D eigenvalue weighted by Crippen LogP contribution is -2.00. The number of nitrogens with two attached hydrogens (primary N) is 1. The highest BCUT2D eigenvalue weighted by Gasteiger charge is 2.06. The number of benzene rings is 1. The van der Waals surface area contributed by atoms with Gasteiger partial charge in [0.15, 0.2) is 0 Å². The van der Waals surface area contributed by atoms with Crippen LogP contribution >= 0.6 is 0 Å². The Bertz CT molecular complexity index is 707. The van der Waals surface area contributed by atoms with Crippen molar-refractivity contribution in [3.63, 3.8) is 0 Å². The molecule has 0 atom stereocenters. The van der Waals surface area contributed by atoms with Crippen LogP contribution in [0.5, 0.6) is 11.5 Å². The van der Waals surface area contributed by atoms with Crippen LogP contribution in [0.25, 0.3) is 10.9 Å². The highest BCUT2D eigenvalue weighted by atomic mass is 16.5. The second-order valence-electron chi connectivity index (χ2n) is 4.12. The molecular formula is C15H13N3O. The Balaban J connectivity index is 2.06. The molecular weight excluding hydrogens is 238 g/mol. The number of fused-ring (bicyclic) bond motifs is 1. The van der Waals surface area contributed by atoms with Crippen molar-refractivity contribution in [2.75, 3.05) is 0 Å². The van der Waals surface area contributed by atoms with Crippen molar-refractivity contribution in [1.29, 1.82) is 0 Å². The highest BCUT2D eigenvalue weighted by Crippen LogP contribution is 2.30. The van der Waals surface area contributed by atoms with Gasteiger partial charge in [-0.2, -0.15) is 0 Å². The van der Waals surface area contributed by atoms with Gasteiger partial charge in [0, 0.05) is 36.1 Å². The van der Waals surface area contributed by atoms with Crippen molar-refractivity contribution in [2.45, 2.75) is 6.54 Å². The molecule has 0 fully saturated rings. The van der Waals surface area contributed by atoms with Gasteiger partial charge in [-0.15, -0.1) is 0 Å². The molecule has 0 saturated carbocycles. The fourth-order valence-electron chi connectivity index (χ4n) is 1.95. The zero-order valence-corrected chi connectivity index (χ0v) is 10.3. The summed E-state index contributed by atoms with van der Waals surface area (Å²) in [6.07, 6.45) is 5.18. The molecule has 3 rings (SSSR count). The number of pyridine rings is 2. The Morgan fingerprint density at radius 2 is 1.95 bits per heavy atom. The molecule has 94 valence electrons. The van der Waals surface area contributed by atoms with Gasteiger partial charge in [0.05, 0.1) is 5.52 Å². The van der Waals surface area contributed by atoms with Crippen molar-refractivity contribution >= 4 is 10.9 Å². The molecule has 2 heterocycles. The molecule has 0 radical (unpaired) electrons. The molecule has 4 nitrogen and oxygen atoms in total. The van der Waals surface area contributed by atoms with Crippen LogP contribution in [-0.2, 0) is 6.54 Å². The lowest BCUT2D eigenvalue weighted by molar-refractivity contribution is 0.481. The van der Waals surface area contributed by atoms with E-state index in [4.69, 9.17) is 10.5 Å². The summed E-state index contributed by atoms with van der Waals surface area (Å²) < 4.78 is 5.95. The quantitative estimate of drug-likeness (QED) is 0.777. The molecule has 19 heavy (non-hydrogen) atoms. The maximum absolute atomic E-state index is 5.95. The summed E-state index contributed by atoms with van der Waals surface area (Å²) in [5.41, 5.74) is 7.47. The van der Waals surface area contributed by atoms with Gasteiger partial charge in [0.2, 0.25) is 0 Å². The first-order valence-electron chi connectivity index (χ1n) is 6.03. The van der Waals surface area contributed by atoms with Crippen LogP contribution in [0, 0.1) is 0 Å². The van der Waals surface area contributed by atoms with Crippen LogP contribution in [0.2, 0.25) is 0 Å². The number of nitrogens with zero attached hydrogens (tertiary/aromatic N) is 2. The Hall–Kier alpha value is -2.46. The van der Waals surface area contributed by atoms with Gasteiger partial charge in [-0.3, -0.25) is 9.97 Å². The van der Waals surface area contributed by atoms with Crippen molar-refractivity contribution in [2.24, 2.45) is 5.73 Å². The molecule has 1 aromatic carbocycles. The predicted molar refractivity (Wildman–Crippen MR) is 73.9 cm³/mol. The molecule has 0 bridgehead atoms. The van der Waals surface area contributed by atoms with Gasteiger partial charge in [0.1, 0.15) is 11.5 Å². The average molecular weight is 251 g/mol. The maximum Gasteiger partial charge on any atom is 0.136 e. The first kappa shape index (κ1) is 11.6. The van der Waals surface area contributed by atoms with Gasteiger partial charge in [-0.25, -0.2) is 0 Å². The summed E-state index contributed by atoms with van der Waals surface area (Å²) in [5, 5.41) is 0.977. The predicted octanol–water partition coefficient (Wildman–Crippen LogP) is 2.88. The van der Waals surface area contributed by atoms with E-state index < -0.39 is 0 Å². The van der Waals surface area contributed by atoms with E-state index in [-0.39, 0.29) is 0 Å². The molecule has 0 amide bonds. The molecule has 0 unspecified atom stereocenters. The third-order valence-corrected chi connectivity index (χ3v) is 2.90. The number of hydrogen-bond donors (Lipinski definition) is 1. The smallest absolute Gasteiger partial charge is 0.136 e. The zero-order chi connectivity index (χ0) is 13.1. The number of hydrogen-bond acceptors (Lipinski definition) is 4. The Morgan fingerprint density at radius 3 is 2.84 bits per heavy atom. The van der Waals surface area contributed by atoms with Crippen LogP contribution in [0.4, 0.5) is 0 Å². The van der Waals surface area contributed by atoms with Crippen molar-refractivity contribution in [3.05, 3.63) is 60.6 Å². The van der Waals surface area contributed by atoms with Crippen LogP contribution < -0.4 is 10.5 Å². The van der Waals surface area contributed by atoms with Crippen molar-refractivity contribution in [3.8, 4) is 11.5 Å². The first-order chi connectivity index (χ1) is 9.38. The van der Waals surface area contributed by atoms with Gasteiger partial charge in [-0.05, 0) is 30.3 Å². The van der Waals surface area contributed by atoms with Gasteiger partial charge in [-0.1, -0.05) is 6.07 Å². The summed E-state index contributed by atoms with van der Waals surface area (Å²) in [4.78, 5) is 8.36. The zero-order valence-electron chi connectivity index (χ0n) is 10.3. The first-order valence-corrected chi connectivity index (χ1v) is 6.03. The summed E-state index contributed by atoms with van der Waals surface area (Å²) in [5.74, 6) is 1.50. The largest absolute Gasteiger partial charge is 0.456 e. The molecule has 4 heteroatoms. The molecule has 3 aromatic rings. The number of ether oxygens (including phenoxy) is 1. The fourth-order valence-corrected chi connectivity index (χ4v) is 1.95. The SMILES string of the molecule is NCc1cnccc1Oc1cccc2ncccc12. The van der Waals surface area contributed by atoms with E-state index in [2.05, 4.69) is 9.97 Å². The molecule has 0 saturated heterocycles. The standard InChI is InChI=1S/C15H13N3O/c16-9-11-10-17-8-6-14(11)19-15-5-1-4-13-12(15)3-2-7-18-13/h1-8,10H,9,16H2. The van der Waals surface area contributed by atoms with Gasteiger partial charge in [0.25, 0.3) is 0 Å². The van der Waals surface area contributed by atoms with E-state index in [9.17, 15) is 0 Å². The number of aromatic nitrogens is 2. The monoisotopic (exact) mass is 251 g/mol. The van der Waals surface area contributed by atoms with Crippen molar-refractivity contribution in [1.82, 2.24) is 9.97 Å². The second-order valence-corrected chi connectivity index (χ2v) is 4.12. The molecule has 0 spiro atoms. The van der Waals surface area contributed by atoms with Crippen molar-refractivity contribution < 1.29 is 4.74 Å². The maximum atomic E-state index is 5.95. The van der Waals surface area contributed by atoms with Crippen LogP contribution in [0.15, 0.2) is 55.0 Å².